The van der Waals surface area contributed by atoms with Crippen molar-refractivity contribution < 1.29 is 13.9 Å². The van der Waals surface area contributed by atoms with Gasteiger partial charge in [0.05, 0.1) is 0 Å². The van der Waals surface area contributed by atoms with Crippen LogP contribution in [0.3, 0.4) is 0 Å². The molecule has 0 aliphatic heterocycles. The van der Waals surface area contributed by atoms with Crippen molar-refractivity contribution in [2.75, 3.05) is 0 Å². The summed E-state index contributed by atoms with van der Waals surface area (Å²) in [4.78, 5) is 10.8. The Labute approximate surface area is 82.7 Å². The molecule has 0 atom stereocenters. The van der Waals surface area contributed by atoms with Crippen LogP contribution in [0, 0.1) is 5.82 Å². The summed E-state index contributed by atoms with van der Waals surface area (Å²) < 4.78 is 18.4. The number of benzene rings is 1. The number of hydrogen-bond acceptors (Lipinski definition) is 2. The van der Waals surface area contributed by atoms with Crippen molar-refractivity contribution in [1.29, 1.82) is 0 Å². The van der Waals surface area contributed by atoms with Crippen LogP contribution in [0.25, 0.3) is 0 Å². The van der Waals surface area contributed by atoms with E-state index in [4.69, 9.17) is 4.74 Å². The van der Waals surface area contributed by atoms with E-state index in [0.717, 1.165) is 0 Å². The van der Waals surface area contributed by atoms with Crippen molar-refractivity contribution in [2.45, 2.75) is 26.4 Å². The lowest BCUT2D eigenvalue weighted by Gasteiger charge is -2.25. The smallest absolute Gasteiger partial charge is 0.303 e. The van der Waals surface area contributed by atoms with Crippen LogP contribution in [0.4, 0.5) is 4.39 Å². The molecule has 14 heavy (non-hydrogen) atoms. The Bertz CT molecular complexity index is 345. The summed E-state index contributed by atoms with van der Waals surface area (Å²) in [6.07, 6.45) is 0. The molecule has 0 aliphatic rings. The monoisotopic (exact) mass is 196 g/mol. The van der Waals surface area contributed by atoms with Gasteiger partial charge in [-0.3, -0.25) is 4.79 Å². The zero-order chi connectivity index (χ0) is 10.8. The molecule has 0 heterocycles. The number of ether oxygens (including phenoxy) is 1. The molecule has 0 saturated heterocycles. The van der Waals surface area contributed by atoms with Crippen molar-refractivity contribution in [2.24, 2.45) is 0 Å². The maximum absolute atomic E-state index is 13.3. The van der Waals surface area contributed by atoms with Crippen LogP contribution < -0.4 is 0 Å². The van der Waals surface area contributed by atoms with Crippen LogP contribution >= 0.6 is 0 Å². The molecule has 0 fully saturated rings. The molecule has 0 aliphatic carbocycles. The van der Waals surface area contributed by atoms with Gasteiger partial charge < -0.3 is 4.74 Å². The summed E-state index contributed by atoms with van der Waals surface area (Å²) in [6, 6.07) is 6.27. The molecule has 0 saturated carbocycles. The van der Waals surface area contributed by atoms with Gasteiger partial charge in [-0.05, 0) is 19.9 Å². The lowest BCUT2D eigenvalue weighted by Crippen LogP contribution is -2.25. The van der Waals surface area contributed by atoms with Gasteiger partial charge in [-0.15, -0.1) is 0 Å². The van der Waals surface area contributed by atoms with Crippen LogP contribution in [0.15, 0.2) is 24.3 Å². The average molecular weight is 196 g/mol. The third-order valence-corrected chi connectivity index (χ3v) is 1.92. The molecule has 3 heteroatoms. The Kier molecular flexibility index (Phi) is 2.89. The highest BCUT2D eigenvalue weighted by Crippen LogP contribution is 2.26. The van der Waals surface area contributed by atoms with Gasteiger partial charge in [0.2, 0.25) is 0 Å². The Hall–Kier alpha value is -1.38. The van der Waals surface area contributed by atoms with Gasteiger partial charge in [-0.2, -0.15) is 0 Å². The van der Waals surface area contributed by atoms with Gasteiger partial charge in [-0.1, -0.05) is 18.2 Å². The predicted molar refractivity (Wildman–Crippen MR) is 51.2 cm³/mol. The van der Waals surface area contributed by atoms with Crippen molar-refractivity contribution >= 4 is 5.97 Å². The SMILES string of the molecule is CC(=O)OC(C)(C)c1ccccc1F. The molecule has 1 rings (SSSR count). The minimum absolute atomic E-state index is 0.362. The van der Waals surface area contributed by atoms with E-state index in [1.807, 2.05) is 0 Å². The molecule has 0 spiro atoms. The van der Waals surface area contributed by atoms with Crippen LogP contribution in [0.1, 0.15) is 26.3 Å². The molecule has 0 N–H and O–H groups in total. The highest BCUT2D eigenvalue weighted by molar-refractivity contribution is 5.66. The quantitative estimate of drug-likeness (QED) is 0.679. The summed E-state index contributed by atoms with van der Waals surface area (Å²) in [7, 11) is 0. The predicted octanol–water partition coefficient (Wildman–Crippen LogP) is 2.62. The van der Waals surface area contributed by atoms with Gasteiger partial charge in [0.25, 0.3) is 0 Å². The van der Waals surface area contributed by atoms with Gasteiger partial charge >= 0.3 is 5.97 Å². The minimum Gasteiger partial charge on any atom is -0.455 e. The number of carbonyl (C=O) groups is 1. The lowest BCUT2D eigenvalue weighted by molar-refractivity contribution is -0.154. The van der Waals surface area contributed by atoms with Crippen LogP contribution in [-0.4, -0.2) is 5.97 Å². The molecule has 76 valence electrons. The summed E-state index contributed by atoms with van der Waals surface area (Å²) >= 11 is 0. The molecule has 0 amide bonds. The zero-order valence-electron chi connectivity index (χ0n) is 8.50. The van der Waals surface area contributed by atoms with E-state index in [-0.39, 0.29) is 5.82 Å². The fraction of sp³-hybridized carbons (Fsp3) is 0.364. The maximum Gasteiger partial charge on any atom is 0.303 e. The molecule has 2 nitrogen and oxygen atoms in total. The Morgan fingerprint density at radius 3 is 2.43 bits per heavy atom. The van der Waals surface area contributed by atoms with E-state index in [1.165, 1.54) is 13.0 Å². The van der Waals surface area contributed by atoms with E-state index in [2.05, 4.69) is 0 Å². The Morgan fingerprint density at radius 1 is 1.36 bits per heavy atom. The fourth-order valence-corrected chi connectivity index (χ4v) is 1.36. The third kappa shape index (κ3) is 2.31. The van der Waals surface area contributed by atoms with E-state index in [0.29, 0.717) is 5.56 Å². The second-order valence-electron chi connectivity index (χ2n) is 3.58. The first kappa shape index (κ1) is 10.7. The maximum atomic E-state index is 13.3. The number of esters is 1. The molecule has 1 aromatic carbocycles. The normalized spacial score (nSPS) is 11.1. The van der Waals surface area contributed by atoms with Crippen molar-refractivity contribution in [1.82, 2.24) is 0 Å². The molecule has 0 bridgehead atoms. The number of rotatable bonds is 2. The molecular weight excluding hydrogens is 183 g/mol. The second kappa shape index (κ2) is 3.78. The summed E-state index contributed by atoms with van der Waals surface area (Å²) in [5.41, 5.74) is -0.535. The Balaban J connectivity index is 3.03. The van der Waals surface area contributed by atoms with Crippen LogP contribution in [-0.2, 0) is 15.1 Å². The minimum atomic E-state index is -0.919. The molecule has 0 radical (unpaired) electrons. The first-order valence-corrected chi connectivity index (χ1v) is 4.38. The van der Waals surface area contributed by atoms with E-state index in [1.54, 1.807) is 32.0 Å². The summed E-state index contributed by atoms with van der Waals surface area (Å²) in [5.74, 6) is -0.781. The average Bonchev–Trinajstić information content (AvgIpc) is 2.02. The highest BCUT2D eigenvalue weighted by Gasteiger charge is 2.26. The standard InChI is InChI=1S/C11H13FO2/c1-8(13)14-11(2,3)9-6-4-5-7-10(9)12/h4-7H,1-3H3. The van der Waals surface area contributed by atoms with Gasteiger partial charge in [0.15, 0.2) is 0 Å². The first-order chi connectivity index (χ1) is 6.43. The summed E-state index contributed by atoms with van der Waals surface area (Å²) in [5, 5.41) is 0. The van der Waals surface area contributed by atoms with Crippen LogP contribution in [0.2, 0.25) is 0 Å². The van der Waals surface area contributed by atoms with E-state index < -0.39 is 11.6 Å². The van der Waals surface area contributed by atoms with Crippen molar-refractivity contribution in [3.63, 3.8) is 0 Å². The Morgan fingerprint density at radius 2 is 1.93 bits per heavy atom. The number of halogens is 1. The van der Waals surface area contributed by atoms with Crippen molar-refractivity contribution in [3.8, 4) is 0 Å². The molecule has 0 aromatic heterocycles. The summed E-state index contributed by atoms with van der Waals surface area (Å²) in [6.45, 7) is 4.63. The second-order valence-corrected chi connectivity index (χ2v) is 3.58. The van der Waals surface area contributed by atoms with E-state index in [9.17, 15) is 9.18 Å². The van der Waals surface area contributed by atoms with Crippen LogP contribution in [0.5, 0.6) is 0 Å². The van der Waals surface area contributed by atoms with Crippen molar-refractivity contribution in [3.05, 3.63) is 35.6 Å². The van der Waals surface area contributed by atoms with Gasteiger partial charge in [0, 0.05) is 12.5 Å². The van der Waals surface area contributed by atoms with Gasteiger partial charge in [-0.25, -0.2) is 4.39 Å². The first-order valence-electron chi connectivity index (χ1n) is 4.38. The highest BCUT2D eigenvalue weighted by atomic mass is 19.1. The number of hydrogen-bond donors (Lipinski definition) is 0. The largest absolute Gasteiger partial charge is 0.455 e. The topological polar surface area (TPSA) is 26.3 Å². The molecule has 0 unspecified atom stereocenters. The number of carbonyl (C=O) groups excluding carboxylic acids is 1. The van der Waals surface area contributed by atoms with Gasteiger partial charge in [0.1, 0.15) is 11.4 Å². The molecular formula is C11H13FO2. The van der Waals surface area contributed by atoms with E-state index >= 15 is 0 Å². The zero-order valence-corrected chi connectivity index (χ0v) is 8.50. The lowest BCUT2D eigenvalue weighted by atomic mass is 9.97. The third-order valence-electron chi connectivity index (χ3n) is 1.92. The molecule has 1 aromatic rings. The fourth-order valence-electron chi connectivity index (χ4n) is 1.36.